The molecule has 0 aromatic heterocycles. The van der Waals surface area contributed by atoms with Crippen LogP contribution < -0.4 is 0 Å². The summed E-state index contributed by atoms with van der Waals surface area (Å²) in [6.07, 6.45) is 1.65. The van der Waals surface area contributed by atoms with E-state index in [1.54, 1.807) is 13.8 Å². The Morgan fingerprint density at radius 1 is 1.58 bits per heavy atom. The van der Waals surface area contributed by atoms with E-state index in [2.05, 4.69) is 15.9 Å². The van der Waals surface area contributed by atoms with Gasteiger partial charge in [0.25, 0.3) is 0 Å². The summed E-state index contributed by atoms with van der Waals surface area (Å²) in [5.74, 6) is -0.976. The first kappa shape index (κ1) is 8.51. The number of halogens is 1. The lowest BCUT2D eigenvalue weighted by atomic mass is 9.95. The van der Waals surface area contributed by atoms with Crippen molar-refractivity contribution in [3.63, 3.8) is 0 Å². The van der Waals surface area contributed by atoms with Crippen molar-refractivity contribution < 1.29 is 14.3 Å². The van der Waals surface area contributed by atoms with Crippen LogP contribution >= 0.6 is 15.9 Å². The lowest BCUT2D eigenvalue weighted by Gasteiger charge is -2.34. The van der Waals surface area contributed by atoms with Crippen molar-refractivity contribution in [2.75, 3.05) is 0 Å². The van der Waals surface area contributed by atoms with E-state index in [9.17, 15) is 4.79 Å². The van der Waals surface area contributed by atoms with Crippen molar-refractivity contribution in [1.29, 1.82) is 0 Å². The molecule has 68 valence electrons. The van der Waals surface area contributed by atoms with Gasteiger partial charge in [0.05, 0.1) is 4.83 Å². The molecule has 0 aliphatic carbocycles. The average molecular weight is 235 g/mol. The zero-order chi connectivity index (χ0) is 8.98. The predicted molar refractivity (Wildman–Crippen MR) is 45.9 cm³/mol. The van der Waals surface area contributed by atoms with Crippen molar-refractivity contribution in [3.8, 4) is 0 Å². The minimum absolute atomic E-state index is 0.115. The first-order chi connectivity index (χ1) is 5.46. The number of esters is 1. The molecule has 3 atom stereocenters. The molecule has 2 aliphatic heterocycles. The summed E-state index contributed by atoms with van der Waals surface area (Å²) in [7, 11) is 0. The monoisotopic (exact) mass is 234 g/mol. The van der Waals surface area contributed by atoms with Crippen LogP contribution in [-0.2, 0) is 14.3 Å². The smallest absolute Gasteiger partial charge is 0.340 e. The van der Waals surface area contributed by atoms with Crippen LogP contribution in [0.3, 0.4) is 0 Å². The number of hydrogen-bond acceptors (Lipinski definition) is 3. The fourth-order valence-corrected chi connectivity index (χ4v) is 2.16. The van der Waals surface area contributed by atoms with E-state index in [0.29, 0.717) is 0 Å². The van der Waals surface area contributed by atoms with E-state index in [1.165, 1.54) is 0 Å². The van der Waals surface area contributed by atoms with Gasteiger partial charge in [-0.25, -0.2) is 4.79 Å². The summed E-state index contributed by atoms with van der Waals surface area (Å²) in [6.45, 7) is 3.59. The Bertz CT molecular complexity index is 242. The van der Waals surface area contributed by atoms with Crippen molar-refractivity contribution in [2.45, 2.75) is 42.9 Å². The Hall–Kier alpha value is -0.0900. The van der Waals surface area contributed by atoms with Gasteiger partial charge in [-0.1, -0.05) is 15.9 Å². The molecule has 12 heavy (non-hydrogen) atoms. The lowest BCUT2D eigenvalue weighted by molar-refractivity contribution is -0.190. The highest BCUT2D eigenvalue weighted by atomic mass is 79.9. The summed E-state index contributed by atoms with van der Waals surface area (Å²) in [5.41, 5.74) is -0.695. The Morgan fingerprint density at radius 2 is 2.25 bits per heavy atom. The minimum atomic E-state index is -0.746. The molecule has 4 heteroatoms. The number of hydrogen-bond donors (Lipinski definition) is 0. The Balaban J connectivity index is 2.34. The molecule has 0 aromatic rings. The highest BCUT2D eigenvalue weighted by molar-refractivity contribution is 9.09. The zero-order valence-electron chi connectivity index (χ0n) is 7.09. The van der Waals surface area contributed by atoms with E-state index < -0.39 is 11.4 Å². The molecule has 2 aliphatic rings. The quantitative estimate of drug-likeness (QED) is 0.472. The molecular formula is C8H11BrO3. The van der Waals surface area contributed by atoms with Crippen LogP contribution in [0.1, 0.15) is 26.7 Å². The van der Waals surface area contributed by atoms with Gasteiger partial charge in [0.2, 0.25) is 5.79 Å². The van der Waals surface area contributed by atoms with E-state index in [1.807, 2.05) is 0 Å². The maximum Gasteiger partial charge on any atom is 0.340 e. The molecule has 1 unspecified atom stereocenters. The van der Waals surface area contributed by atoms with Crippen molar-refractivity contribution >= 4 is 21.9 Å². The topological polar surface area (TPSA) is 35.5 Å². The largest absolute Gasteiger partial charge is 0.430 e. The van der Waals surface area contributed by atoms with Crippen LogP contribution in [0.4, 0.5) is 0 Å². The number of carbonyl (C=O) groups excluding carboxylic acids is 1. The first-order valence-electron chi connectivity index (χ1n) is 4.04. The Labute approximate surface area is 79.5 Å². The number of carbonyl (C=O) groups is 1. The van der Waals surface area contributed by atoms with Gasteiger partial charge in [0.15, 0.2) is 5.60 Å². The van der Waals surface area contributed by atoms with Crippen LogP contribution in [-0.4, -0.2) is 22.2 Å². The summed E-state index contributed by atoms with van der Waals surface area (Å²) >= 11 is 3.45. The molecule has 0 N–H and O–H groups in total. The average Bonchev–Trinajstić information content (AvgIpc) is 2.15. The summed E-state index contributed by atoms with van der Waals surface area (Å²) in [5, 5.41) is 0. The SMILES string of the molecule is C[C@@]12OC(=O)[C@@](C)(CCC1Br)O2. The van der Waals surface area contributed by atoms with Gasteiger partial charge in [-0.2, -0.15) is 0 Å². The van der Waals surface area contributed by atoms with Gasteiger partial charge < -0.3 is 9.47 Å². The third-order valence-corrected chi connectivity index (χ3v) is 3.89. The number of alkyl halides is 1. The molecule has 2 saturated heterocycles. The van der Waals surface area contributed by atoms with Gasteiger partial charge in [0, 0.05) is 6.92 Å². The van der Waals surface area contributed by atoms with Crippen LogP contribution in [0.2, 0.25) is 0 Å². The molecule has 2 bridgehead atoms. The molecule has 2 heterocycles. The third-order valence-electron chi connectivity index (χ3n) is 2.60. The van der Waals surface area contributed by atoms with Crippen molar-refractivity contribution in [2.24, 2.45) is 0 Å². The van der Waals surface area contributed by atoms with Gasteiger partial charge in [-0.3, -0.25) is 0 Å². The molecule has 0 spiro atoms. The third kappa shape index (κ3) is 0.941. The fraction of sp³-hybridized carbons (Fsp3) is 0.875. The predicted octanol–water partition coefficient (Wildman–Crippen LogP) is 1.59. The second kappa shape index (κ2) is 2.23. The van der Waals surface area contributed by atoms with Crippen LogP contribution in [0.15, 0.2) is 0 Å². The molecule has 2 rings (SSSR count). The second-order valence-electron chi connectivity index (χ2n) is 3.74. The fourth-order valence-electron chi connectivity index (χ4n) is 1.75. The Kier molecular flexibility index (Phi) is 1.58. The molecule has 0 aromatic carbocycles. The highest BCUT2D eigenvalue weighted by Gasteiger charge is 2.59. The summed E-state index contributed by atoms with van der Waals surface area (Å²) < 4.78 is 10.8. The maximum atomic E-state index is 11.4. The first-order valence-corrected chi connectivity index (χ1v) is 4.95. The van der Waals surface area contributed by atoms with Crippen LogP contribution in [0.25, 0.3) is 0 Å². The summed E-state index contributed by atoms with van der Waals surface area (Å²) in [4.78, 5) is 11.5. The molecule has 0 radical (unpaired) electrons. The van der Waals surface area contributed by atoms with Crippen LogP contribution in [0, 0.1) is 0 Å². The number of rotatable bonds is 0. The Morgan fingerprint density at radius 3 is 2.83 bits per heavy atom. The van der Waals surface area contributed by atoms with E-state index in [-0.39, 0.29) is 10.8 Å². The summed E-state index contributed by atoms with van der Waals surface area (Å²) in [6, 6.07) is 0. The van der Waals surface area contributed by atoms with Crippen molar-refractivity contribution in [1.82, 2.24) is 0 Å². The maximum absolute atomic E-state index is 11.4. The number of ether oxygens (including phenoxy) is 2. The zero-order valence-corrected chi connectivity index (χ0v) is 8.68. The molecular weight excluding hydrogens is 224 g/mol. The normalized spacial score (nSPS) is 52.2. The van der Waals surface area contributed by atoms with Gasteiger partial charge in [-0.05, 0) is 19.8 Å². The second-order valence-corrected chi connectivity index (χ2v) is 4.85. The van der Waals surface area contributed by atoms with Crippen molar-refractivity contribution in [3.05, 3.63) is 0 Å². The molecule has 2 fully saturated rings. The van der Waals surface area contributed by atoms with Gasteiger partial charge >= 0.3 is 5.97 Å². The molecule has 3 nitrogen and oxygen atoms in total. The van der Waals surface area contributed by atoms with E-state index in [4.69, 9.17) is 9.47 Å². The minimum Gasteiger partial charge on any atom is -0.430 e. The lowest BCUT2D eigenvalue weighted by Crippen LogP contribution is -2.45. The van der Waals surface area contributed by atoms with Gasteiger partial charge in [-0.15, -0.1) is 0 Å². The van der Waals surface area contributed by atoms with Gasteiger partial charge in [0.1, 0.15) is 0 Å². The standard InChI is InChI=1S/C8H11BrO3/c1-7-4-3-5(9)8(2,12-7)11-6(7)10/h5H,3-4H2,1-2H3/t5?,7-,8+/m1/s1. The molecule has 0 amide bonds. The molecule has 0 saturated carbocycles. The highest BCUT2D eigenvalue weighted by Crippen LogP contribution is 2.46. The number of fused-ring (bicyclic) bond motifs is 2. The van der Waals surface area contributed by atoms with E-state index in [0.717, 1.165) is 12.8 Å². The van der Waals surface area contributed by atoms with E-state index >= 15 is 0 Å². The van der Waals surface area contributed by atoms with Crippen LogP contribution in [0.5, 0.6) is 0 Å².